The van der Waals surface area contributed by atoms with Crippen LogP contribution in [-0.2, 0) is 9.53 Å². The maximum Gasteiger partial charge on any atom is 0.339 e. The van der Waals surface area contributed by atoms with Gasteiger partial charge in [0, 0.05) is 23.2 Å². The predicted molar refractivity (Wildman–Crippen MR) is 117 cm³/mol. The van der Waals surface area contributed by atoms with Gasteiger partial charge in [-0.3, -0.25) is 19.7 Å². The van der Waals surface area contributed by atoms with E-state index in [1.165, 1.54) is 42.1 Å². The maximum atomic E-state index is 13.0. The summed E-state index contributed by atoms with van der Waals surface area (Å²) in [5.74, 6) is -1.60. The second-order valence-corrected chi connectivity index (χ2v) is 8.04. The number of hydrogen-bond acceptors (Lipinski definition) is 7. The van der Waals surface area contributed by atoms with Gasteiger partial charge in [0.25, 0.3) is 11.6 Å². The van der Waals surface area contributed by atoms with Crippen LogP contribution in [0.5, 0.6) is 0 Å². The number of nitrogens with zero attached hydrogens (tertiary/aromatic N) is 1. The molecule has 1 N–H and O–H groups in total. The van der Waals surface area contributed by atoms with E-state index in [-0.39, 0.29) is 34.3 Å². The molecule has 0 aromatic heterocycles. The molecular formula is C22H24N2O6S. The van der Waals surface area contributed by atoms with Gasteiger partial charge in [-0.25, -0.2) is 4.79 Å². The highest BCUT2D eigenvalue weighted by molar-refractivity contribution is 7.98. The molecule has 0 heterocycles. The van der Waals surface area contributed by atoms with Crippen LogP contribution in [0.4, 0.5) is 5.69 Å². The van der Waals surface area contributed by atoms with Crippen LogP contribution in [0.25, 0.3) is 0 Å². The van der Waals surface area contributed by atoms with Gasteiger partial charge in [0.1, 0.15) is 0 Å². The highest BCUT2D eigenvalue weighted by Crippen LogP contribution is 2.29. The van der Waals surface area contributed by atoms with Crippen molar-refractivity contribution in [2.75, 3.05) is 12.9 Å². The molecule has 0 fully saturated rings. The summed E-state index contributed by atoms with van der Waals surface area (Å²) < 4.78 is 5.08. The Morgan fingerprint density at radius 3 is 2.32 bits per heavy atom. The first-order chi connectivity index (χ1) is 14.6. The number of nitro groups is 1. The van der Waals surface area contributed by atoms with E-state index in [0.717, 1.165) is 0 Å². The Hall–Kier alpha value is -3.20. The van der Waals surface area contributed by atoms with Gasteiger partial charge in [0.15, 0.2) is 12.4 Å². The minimum atomic E-state index is -0.827. The van der Waals surface area contributed by atoms with Gasteiger partial charge in [0.05, 0.1) is 15.4 Å². The monoisotopic (exact) mass is 444 g/mol. The van der Waals surface area contributed by atoms with Crippen LogP contribution >= 0.6 is 11.8 Å². The smallest absolute Gasteiger partial charge is 0.339 e. The molecule has 0 saturated carbocycles. The first kappa shape index (κ1) is 24.1. The molecule has 0 aliphatic rings. The number of esters is 1. The fourth-order valence-electron chi connectivity index (χ4n) is 2.66. The number of nitro benzene ring substituents is 1. The Kier molecular flexibility index (Phi) is 8.32. The van der Waals surface area contributed by atoms with E-state index in [9.17, 15) is 24.5 Å². The summed E-state index contributed by atoms with van der Waals surface area (Å²) in [6, 6.07) is 10.1. The lowest BCUT2D eigenvalue weighted by atomic mass is 9.98. The van der Waals surface area contributed by atoms with Crippen LogP contribution in [0.15, 0.2) is 47.4 Å². The molecule has 0 unspecified atom stereocenters. The maximum absolute atomic E-state index is 13.0. The Morgan fingerprint density at radius 1 is 1.10 bits per heavy atom. The van der Waals surface area contributed by atoms with E-state index in [0.29, 0.717) is 4.90 Å². The van der Waals surface area contributed by atoms with Crippen molar-refractivity contribution < 1.29 is 24.0 Å². The lowest BCUT2D eigenvalue weighted by Crippen LogP contribution is -2.38. The third kappa shape index (κ3) is 6.14. The zero-order chi connectivity index (χ0) is 23.1. The molecule has 0 aliphatic carbocycles. The van der Waals surface area contributed by atoms with Gasteiger partial charge in [-0.15, -0.1) is 11.8 Å². The lowest BCUT2D eigenvalue weighted by molar-refractivity contribution is -0.387. The highest BCUT2D eigenvalue weighted by Gasteiger charge is 2.23. The molecular weight excluding hydrogens is 420 g/mol. The standard InChI is InChI=1S/C22H24N2O6S/c1-13(2)14(3)23-20(25)12-30-22(27)17-8-6-5-7-16(17)21(26)15-9-10-19(31-4)18(11-15)24(28)29/h5-11,13-14H,12H2,1-4H3,(H,23,25)/t14-/m1/s1. The molecule has 31 heavy (non-hydrogen) atoms. The second-order valence-electron chi connectivity index (χ2n) is 7.19. The molecule has 8 nitrogen and oxygen atoms in total. The molecule has 2 aromatic rings. The number of benzene rings is 2. The first-order valence-corrected chi connectivity index (χ1v) is 10.8. The van der Waals surface area contributed by atoms with Crippen molar-refractivity contribution in [3.63, 3.8) is 0 Å². The van der Waals surface area contributed by atoms with Gasteiger partial charge in [0.2, 0.25) is 0 Å². The van der Waals surface area contributed by atoms with Crippen LogP contribution in [0, 0.1) is 16.0 Å². The number of thioether (sulfide) groups is 1. The number of carbonyl (C=O) groups excluding carboxylic acids is 3. The van der Waals surface area contributed by atoms with Crippen molar-refractivity contribution in [3.05, 3.63) is 69.3 Å². The minimum absolute atomic E-state index is 0.0196. The van der Waals surface area contributed by atoms with Gasteiger partial charge in [-0.1, -0.05) is 32.0 Å². The lowest BCUT2D eigenvalue weighted by Gasteiger charge is -2.17. The Morgan fingerprint density at radius 2 is 1.74 bits per heavy atom. The van der Waals surface area contributed by atoms with E-state index in [2.05, 4.69) is 5.32 Å². The van der Waals surface area contributed by atoms with Crippen molar-refractivity contribution in [2.24, 2.45) is 5.92 Å². The molecule has 0 aliphatic heterocycles. The van der Waals surface area contributed by atoms with Gasteiger partial charge in [-0.05, 0) is 37.3 Å². The zero-order valence-electron chi connectivity index (χ0n) is 17.7. The normalized spacial score (nSPS) is 11.6. The summed E-state index contributed by atoms with van der Waals surface area (Å²) in [5, 5.41) is 14.0. The molecule has 0 saturated heterocycles. The summed E-state index contributed by atoms with van der Waals surface area (Å²) in [5.41, 5.74) is -0.0916. The van der Waals surface area contributed by atoms with Crippen LogP contribution < -0.4 is 5.32 Å². The molecule has 2 aromatic carbocycles. The SMILES string of the molecule is CSc1ccc(C(=O)c2ccccc2C(=O)OCC(=O)N[C@H](C)C(C)C)cc1[N+](=O)[O-]. The van der Waals surface area contributed by atoms with Crippen molar-refractivity contribution in [3.8, 4) is 0 Å². The number of rotatable bonds is 9. The number of hydrogen-bond donors (Lipinski definition) is 1. The number of ether oxygens (including phenoxy) is 1. The largest absolute Gasteiger partial charge is 0.452 e. The number of ketones is 1. The van der Waals surface area contributed by atoms with E-state index in [1.807, 2.05) is 20.8 Å². The third-order valence-corrected chi connectivity index (χ3v) is 5.54. The van der Waals surface area contributed by atoms with E-state index in [4.69, 9.17) is 4.74 Å². The predicted octanol–water partition coefficient (Wildman–Crippen LogP) is 3.87. The number of carbonyl (C=O) groups is 3. The van der Waals surface area contributed by atoms with Crippen LogP contribution in [0.2, 0.25) is 0 Å². The molecule has 1 amide bonds. The average Bonchev–Trinajstić information content (AvgIpc) is 2.76. The summed E-state index contributed by atoms with van der Waals surface area (Å²) >= 11 is 1.20. The number of nitrogens with one attached hydrogen (secondary N) is 1. The average molecular weight is 445 g/mol. The molecule has 2 rings (SSSR count). The molecule has 1 atom stereocenters. The summed E-state index contributed by atoms with van der Waals surface area (Å²) in [7, 11) is 0. The number of amides is 1. The van der Waals surface area contributed by atoms with Crippen molar-refractivity contribution in [1.29, 1.82) is 0 Å². The topological polar surface area (TPSA) is 116 Å². The summed E-state index contributed by atoms with van der Waals surface area (Å²) in [4.78, 5) is 48.7. The fourth-order valence-corrected chi connectivity index (χ4v) is 3.21. The second kappa shape index (κ2) is 10.7. The van der Waals surface area contributed by atoms with E-state index in [1.54, 1.807) is 18.4 Å². The molecule has 0 bridgehead atoms. The van der Waals surface area contributed by atoms with Gasteiger partial charge in [-0.2, -0.15) is 0 Å². The zero-order valence-corrected chi connectivity index (χ0v) is 18.5. The van der Waals surface area contributed by atoms with Gasteiger partial charge < -0.3 is 10.1 Å². The van der Waals surface area contributed by atoms with Crippen LogP contribution in [-0.4, -0.2) is 41.5 Å². The minimum Gasteiger partial charge on any atom is -0.452 e. The Balaban J connectivity index is 2.22. The molecule has 9 heteroatoms. The summed E-state index contributed by atoms with van der Waals surface area (Å²) in [6.45, 7) is 5.27. The quantitative estimate of drug-likeness (QED) is 0.205. The van der Waals surface area contributed by atoms with Crippen LogP contribution in [0.1, 0.15) is 47.1 Å². The van der Waals surface area contributed by atoms with Crippen molar-refractivity contribution >= 4 is 35.1 Å². The van der Waals surface area contributed by atoms with Crippen molar-refractivity contribution in [2.45, 2.75) is 31.7 Å². The Labute approximate surface area is 184 Å². The van der Waals surface area contributed by atoms with E-state index < -0.39 is 29.2 Å². The molecule has 0 radical (unpaired) electrons. The Bertz CT molecular complexity index is 1010. The molecule has 164 valence electrons. The van der Waals surface area contributed by atoms with E-state index >= 15 is 0 Å². The first-order valence-electron chi connectivity index (χ1n) is 9.58. The summed E-state index contributed by atoms with van der Waals surface area (Å²) in [6.07, 6.45) is 1.70. The van der Waals surface area contributed by atoms with Gasteiger partial charge >= 0.3 is 5.97 Å². The van der Waals surface area contributed by atoms with Crippen LogP contribution in [0.3, 0.4) is 0 Å². The fraction of sp³-hybridized carbons (Fsp3) is 0.318. The third-order valence-electron chi connectivity index (χ3n) is 4.75. The molecule has 0 spiro atoms. The highest BCUT2D eigenvalue weighted by atomic mass is 32.2. The van der Waals surface area contributed by atoms with Crippen molar-refractivity contribution in [1.82, 2.24) is 5.32 Å².